The van der Waals surface area contributed by atoms with E-state index >= 15 is 0 Å². The second-order valence-corrected chi connectivity index (χ2v) is 4.67. The maximum atomic E-state index is 13.0. The van der Waals surface area contributed by atoms with E-state index in [1.165, 1.54) is 12.1 Å². The summed E-state index contributed by atoms with van der Waals surface area (Å²) in [6.45, 7) is 1.44. The minimum atomic E-state index is -0.951. The van der Waals surface area contributed by atoms with Gasteiger partial charge in [0.1, 0.15) is 5.82 Å². The van der Waals surface area contributed by atoms with Crippen LogP contribution in [0.2, 0.25) is 0 Å². The standard InChI is InChI=1S/C13H16FNO3/c14-10-3-1-2-9(6-10)7-15-5-4-11(13(17)18)12(16)8-15/h1-3,6,11-12,16H,4-5,7-8H2,(H,17,18)/t11-,12+/m0/s1. The molecule has 0 unspecified atom stereocenters. The topological polar surface area (TPSA) is 60.8 Å². The zero-order valence-corrected chi connectivity index (χ0v) is 9.92. The van der Waals surface area contributed by atoms with Crippen LogP contribution in [-0.2, 0) is 11.3 Å². The number of β-amino-alcohol motifs (C(OH)–C–C–N with tert-alkyl or cyclic N) is 1. The highest BCUT2D eigenvalue weighted by Gasteiger charge is 2.32. The predicted molar refractivity (Wildman–Crippen MR) is 63.4 cm³/mol. The molecule has 4 nitrogen and oxygen atoms in total. The third kappa shape index (κ3) is 3.05. The van der Waals surface area contributed by atoms with E-state index in [1.807, 2.05) is 11.0 Å². The van der Waals surface area contributed by atoms with Gasteiger partial charge in [-0.05, 0) is 30.7 Å². The summed E-state index contributed by atoms with van der Waals surface area (Å²) in [4.78, 5) is 12.8. The first kappa shape index (κ1) is 13.0. The Morgan fingerprint density at radius 2 is 2.28 bits per heavy atom. The first-order valence-corrected chi connectivity index (χ1v) is 5.94. The van der Waals surface area contributed by atoms with Gasteiger partial charge in [0.15, 0.2) is 0 Å². The number of benzene rings is 1. The fraction of sp³-hybridized carbons (Fsp3) is 0.462. The first-order chi connectivity index (χ1) is 8.56. The van der Waals surface area contributed by atoms with Crippen LogP contribution in [0.4, 0.5) is 4.39 Å². The molecule has 2 N–H and O–H groups in total. The first-order valence-electron chi connectivity index (χ1n) is 5.94. The molecule has 0 amide bonds. The number of aliphatic carboxylic acids is 1. The Morgan fingerprint density at radius 1 is 1.50 bits per heavy atom. The molecule has 2 rings (SSSR count). The number of carbonyl (C=O) groups is 1. The quantitative estimate of drug-likeness (QED) is 0.846. The van der Waals surface area contributed by atoms with Crippen molar-refractivity contribution in [1.82, 2.24) is 4.90 Å². The summed E-state index contributed by atoms with van der Waals surface area (Å²) in [7, 11) is 0. The molecule has 1 fully saturated rings. The zero-order valence-electron chi connectivity index (χ0n) is 9.92. The maximum Gasteiger partial charge on any atom is 0.309 e. The Kier molecular flexibility index (Phi) is 3.93. The molecule has 1 saturated heterocycles. The fourth-order valence-corrected chi connectivity index (χ4v) is 2.32. The SMILES string of the molecule is O=C(O)[C@H]1CCN(Cc2cccc(F)c2)C[C@H]1O. The van der Waals surface area contributed by atoms with Crippen molar-refractivity contribution in [3.05, 3.63) is 35.6 Å². The number of carboxylic acids is 1. The van der Waals surface area contributed by atoms with Crippen LogP contribution in [-0.4, -0.2) is 40.3 Å². The van der Waals surface area contributed by atoms with Gasteiger partial charge in [-0.15, -0.1) is 0 Å². The van der Waals surface area contributed by atoms with Gasteiger partial charge in [-0.1, -0.05) is 12.1 Å². The second kappa shape index (κ2) is 5.46. The number of rotatable bonds is 3. The van der Waals surface area contributed by atoms with Crippen molar-refractivity contribution < 1.29 is 19.4 Å². The lowest BCUT2D eigenvalue weighted by Gasteiger charge is -2.33. The number of hydrogen-bond donors (Lipinski definition) is 2. The minimum absolute atomic E-state index is 0.284. The van der Waals surface area contributed by atoms with Crippen LogP contribution in [0.3, 0.4) is 0 Å². The van der Waals surface area contributed by atoms with E-state index in [4.69, 9.17) is 5.11 Å². The molecule has 0 saturated carbocycles. The van der Waals surface area contributed by atoms with E-state index in [-0.39, 0.29) is 5.82 Å². The number of likely N-dealkylation sites (tertiary alicyclic amines) is 1. The monoisotopic (exact) mass is 253 g/mol. The van der Waals surface area contributed by atoms with Gasteiger partial charge in [-0.2, -0.15) is 0 Å². The molecule has 0 aromatic heterocycles. The largest absolute Gasteiger partial charge is 0.481 e. The van der Waals surface area contributed by atoms with Gasteiger partial charge in [0.2, 0.25) is 0 Å². The lowest BCUT2D eigenvalue weighted by molar-refractivity contribution is -0.148. The molecule has 1 aliphatic rings. The van der Waals surface area contributed by atoms with Crippen LogP contribution in [0, 0.1) is 11.7 Å². The lowest BCUT2D eigenvalue weighted by Crippen LogP contribution is -2.46. The number of aliphatic hydroxyl groups excluding tert-OH is 1. The molecule has 0 spiro atoms. The number of aliphatic hydroxyl groups is 1. The van der Waals surface area contributed by atoms with Gasteiger partial charge in [0, 0.05) is 13.1 Å². The highest BCUT2D eigenvalue weighted by atomic mass is 19.1. The molecule has 0 bridgehead atoms. The molecule has 1 aromatic carbocycles. The van der Waals surface area contributed by atoms with Crippen molar-refractivity contribution in [1.29, 1.82) is 0 Å². The summed E-state index contributed by atoms with van der Waals surface area (Å²) < 4.78 is 13.0. The number of carboxylic acid groups (broad SMARTS) is 1. The summed E-state index contributed by atoms with van der Waals surface area (Å²) in [5.41, 5.74) is 0.830. The molecular weight excluding hydrogens is 237 g/mol. The predicted octanol–water partition coefficient (Wildman–Crippen LogP) is 1.09. The molecule has 5 heteroatoms. The van der Waals surface area contributed by atoms with Gasteiger partial charge < -0.3 is 10.2 Å². The normalized spacial score (nSPS) is 25.0. The van der Waals surface area contributed by atoms with E-state index in [0.29, 0.717) is 26.1 Å². The van der Waals surface area contributed by atoms with Crippen molar-refractivity contribution in [3.8, 4) is 0 Å². The van der Waals surface area contributed by atoms with E-state index in [0.717, 1.165) is 5.56 Å². The molecule has 2 atom stereocenters. The van der Waals surface area contributed by atoms with Crippen molar-refractivity contribution in [2.75, 3.05) is 13.1 Å². The Balaban J connectivity index is 1.95. The smallest absolute Gasteiger partial charge is 0.309 e. The van der Waals surface area contributed by atoms with Gasteiger partial charge in [-0.3, -0.25) is 9.69 Å². The van der Waals surface area contributed by atoms with Crippen molar-refractivity contribution >= 4 is 5.97 Å². The number of hydrogen-bond acceptors (Lipinski definition) is 3. The average Bonchev–Trinajstić information content (AvgIpc) is 2.28. The summed E-state index contributed by atoms with van der Waals surface area (Å²) >= 11 is 0. The molecule has 0 aliphatic carbocycles. The van der Waals surface area contributed by atoms with E-state index in [9.17, 15) is 14.3 Å². The van der Waals surface area contributed by atoms with Crippen LogP contribution in [0.25, 0.3) is 0 Å². The Bertz CT molecular complexity index is 438. The van der Waals surface area contributed by atoms with E-state index in [2.05, 4.69) is 0 Å². The zero-order chi connectivity index (χ0) is 13.1. The van der Waals surface area contributed by atoms with Crippen LogP contribution < -0.4 is 0 Å². The van der Waals surface area contributed by atoms with Crippen molar-refractivity contribution in [3.63, 3.8) is 0 Å². The van der Waals surface area contributed by atoms with Crippen LogP contribution in [0.5, 0.6) is 0 Å². The average molecular weight is 253 g/mol. The Morgan fingerprint density at radius 3 is 2.89 bits per heavy atom. The Labute approximate surface area is 105 Å². The highest BCUT2D eigenvalue weighted by molar-refractivity contribution is 5.70. The fourth-order valence-electron chi connectivity index (χ4n) is 2.32. The molecule has 1 aromatic rings. The third-order valence-corrected chi connectivity index (χ3v) is 3.28. The second-order valence-electron chi connectivity index (χ2n) is 4.67. The van der Waals surface area contributed by atoms with E-state index < -0.39 is 18.0 Å². The van der Waals surface area contributed by atoms with Gasteiger partial charge in [0.25, 0.3) is 0 Å². The summed E-state index contributed by atoms with van der Waals surface area (Å²) in [6, 6.07) is 6.30. The number of halogens is 1. The van der Waals surface area contributed by atoms with Gasteiger partial charge >= 0.3 is 5.97 Å². The number of nitrogens with zero attached hydrogens (tertiary/aromatic N) is 1. The molecule has 1 heterocycles. The van der Waals surface area contributed by atoms with Crippen molar-refractivity contribution in [2.24, 2.45) is 5.92 Å². The third-order valence-electron chi connectivity index (χ3n) is 3.28. The summed E-state index contributed by atoms with van der Waals surface area (Å²) in [5, 5.41) is 18.6. The summed E-state index contributed by atoms with van der Waals surface area (Å²) in [5.74, 6) is -1.92. The molecule has 18 heavy (non-hydrogen) atoms. The lowest BCUT2D eigenvalue weighted by atomic mass is 9.94. The van der Waals surface area contributed by atoms with Crippen LogP contribution in [0.1, 0.15) is 12.0 Å². The number of piperidine rings is 1. The van der Waals surface area contributed by atoms with Gasteiger partial charge in [-0.25, -0.2) is 4.39 Å². The minimum Gasteiger partial charge on any atom is -0.481 e. The molecule has 98 valence electrons. The van der Waals surface area contributed by atoms with Gasteiger partial charge in [0.05, 0.1) is 12.0 Å². The maximum absolute atomic E-state index is 13.0. The van der Waals surface area contributed by atoms with E-state index in [1.54, 1.807) is 6.07 Å². The molecule has 0 radical (unpaired) electrons. The van der Waals surface area contributed by atoms with Crippen LogP contribution in [0.15, 0.2) is 24.3 Å². The van der Waals surface area contributed by atoms with Crippen molar-refractivity contribution in [2.45, 2.75) is 19.1 Å². The highest BCUT2D eigenvalue weighted by Crippen LogP contribution is 2.20. The Hall–Kier alpha value is -1.46. The molecule has 1 aliphatic heterocycles. The summed E-state index contributed by atoms with van der Waals surface area (Å²) in [6.07, 6.45) is -0.434. The van der Waals surface area contributed by atoms with Crippen LogP contribution >= 0.6 is 0 Å². The molecular formula is C13H16FNO3.